The Hall–Kier alpha value is -1.98. The van der Waals surface area contributed by atoms with Crippen LogP contribution in [0.1, 0.15) is 47.9 Å². The van der Waals surface area contributed by atoms with Gasteiger partial charge in [0.25, 0.3) is 0 Å². The van der Waals surface area contributed by atoms with Crippen molar-refractivity contribution in [2.45, 2.75) is 43.4 Å². The fraction of sp³-hybridized carbons (Fsp3) is 0.381. The summed E-state index contributed by atoms with van der Waals surface area (Å²) in [6.45, 7) is 0.193. The van der Waals surface area contributed by atoms with Crippen LogP contribution in [-0.4, -0.2) is 24.7 Å². The summed E-state index contributed by atoms with van der Waals surface area (Å²) in [7, 11) is 0. The molecule has 1 aliphatic carbocycles. The Morgan fingerprint density at radius 3 is 2.44 bits per heavy atom. The Morgan fingerprint density at radius 1 is 1.11 bits per heavy atom. The first-order valence-electron chi connectivity index (χ1n) is 9.14. The number of hydrogen-bond acceptors (Lipinski definition) is 2. The highest BCUT2D eigenvalue weighted by atomic mass is 35.5. The van der Waals surface area contributed by atoms with Gasteiger partial charge in [0.1, 0.15) is 12.0 Å². The van der Waals surface area contributed by atoms with E-state index in [1.54, 1.807) is 0 Å². The van der Waals surface area contributed by atoms with Gasteiger partial charge in [-0.15, -0.1) is 12.4 Å². The summed E-state index contributed by atoms with van der Waals surface area (Å²) in [5.74, 6) is -0.147. The second-order valence-electron chi connectivity index (χ2n) is 7.20. The van der Waals surface area contributed by atoms with E-state index in [2.05, 4.69) is 10.6 Å². The molecule has 2 N–H and O–H groups in total. The number of nitrogens with one attached hydrogen (secondary N) is 2. The third kappa shape index (κ3) is 4.47. The molecule has 0 radical (unpaired) electrons. The highest BCUT2D eigenvalue weighted by Crippen LogP contribution is 2.41. The van der Waals surface area contributed by atoms with Crippen molar-refractivity contribution in [1.29, 1.82) is 0 Å². The van der Waals surface area contributed by atoms with Crippen LogP contribution < -0.4 is 10.6 Å². The first-order valence-corrected chi connectivity index (χ1v) is 9.14. The summed E-state index contributed by atoms with van der Waals surface area (Å²) in [5.41, 5.74) is 2.32. The fourth-order valence-electron chi connectivity index (χ4n) is 3.59. The van der Waals surface area contributed by atoms with Gasteiger partial charge in [-0.25, -0.2) is 8.78 Å². The molecular weight excluding hydrogens is 370 g/mol. The third-order valence-electron chi connectivity index (χ3n) is 5.19. The van der Waals surface area contributed by atoms with Crippen LogP contribution >= 0.6 is 12.4 Å². The van der Waals surface area contributed by atoms with Crippen LogP contribution in [0, 0.1) is 5.82 Å². The van der Waals surface area contributed by atoms with E-state index in [0.717, 1.165) is 24.0 Å². The molecule has 0 aromatic heterocycles. The minimum absolute atomic E-state index is 0. The van der Waals surface area contributed by atoms with E-state index >= 15 is 0 Å². The fourth-order valence-corrected chi connectivity index (χ4v) is 3.59. The van der Waals surface area contributed by atoms with E-state index in [9.17, 15) is 13.6 Å². The van der Waals surface area contributed by atoms with Gasteiger partial charge in [-0.05, 0) is 41.5 Å². The molecule has 2 aliphatic rings. The van der Waals surface area contributed by atoms with Crippen LogP contribution in [0.25, 0.3) is 0 Å². The molecule has 0 unspecified atom stereocenters. The van der Waals surface area contributed by atoms with Crippen LogP contribution in [0.15, 0.2) is 48.5 Å². The number of alkyl halides is 1. The third-order valence-corrected chi connectivity index (χ3v) is 5.19. The Balaban J connectivity index is 0.00000210. The van der Waals surface area contributed by atoms with E-state index in [-0.39, 0.29) is 37.1 Å². The number of benzene rings is 2. The Morgan fingerprint density at radius 2 is 1.85 bits per heavy atom. The van der Waals surface area contributed by atoms with E-state index in [1.165, 1.54) is 6.07 Å². The van der Waals surface area contributed by atoms with Crippen LogP contribution in [0.2, 0.25) is 0 Å². The van der Waals surface area contributed by atoms with Gasteiger partial charge in [0.15, 0.2) is 0 Å². The molecule has 3 atom stereocenters. The van der Waals surface area contributed by atoms with Crippen molar-refractivity contribution in [3.63, 3.8) is 0 Å². The zero-order valence-electron chi connectivity index (χ0n) is 14.8. The van der Waals surface area contributed by atoms with Crippen molar-refractivity contribution < 1.29 is 13.6 Å². The molecule has 2 aromatic carbocycles. The Labute approximate surface area is 164 Å². The zero-order chi connectivity index (χ0) is 18.1. The predicted octanol–water partition coefficient (Wildman–Crippen LogP) is 4.03. The van der Waals surface area contributed by atoms with Gasteiger partial charge in [0.05, 0.1) is 12.1 Å². The molecule has 144 valence electrons. The summed E-state index contributed by atoms with van der Waals surface area (Å²) < 4.78 is 27.9. The van der Waals surface area contributed by atoms with Crippen LogP contribution in [0.4, 0.5) is 8.78 Å². The van der Waals surface area contributed by atoms with Gasteiger partial charge in [0.2, 0.25) is 5.91 Å². The quantitative estimate of drug-likeness (QED) is 0.806. The van der Waals surface area contributed by atoms with Gasteiger partial charge < -0.3 is 10.6 Å². The van der Waals surface area contributed by atoms with Crippen LogP contribution in [-0.2, 0) is 4.79 Å². The lowest BCUT2D eigenvalue weighted by Gasteiger charge is -2.22. The largest absolute Gasteiger partial charge is 0.344 e. The molecule has 1 heterocycles. The summed E-state index contributed by atoms with van der Waals surface area (Å²) >= 11 is 0. The average molecular weight is 393 g/mol. The van der Waals surface area contributed by atoms with Gasteiger partial charge in [-0.3, -0.25) is 4.79 Å². The van der Waals surface area contributed by atoms with Crippen LogP contribution in [0.5, 0.6) is 0 Å². The molecule has 27 heavy (non-hydrogen) atoms. The van der Waals surface area contributed by atoms with Crippen molar-refractivity contribution in [2.75, 3.05) is 6.54 Å². The van der Waals surface area contributed by atoms with Gasteiger partial charge >= 0.3 is 0 Å². The number of carbonyl (C=O) groups is 1. The summed E-state index contributed by atoms with van der Waals surface area (Å²) in [6.07, 6.45) is 1.23. The van der Waals surface area contributed by atoms with E-state index in [4.69, 9.17) is 0 Å². The maximum absolute atomic E-state index is 14.5. The lowest BCUT2D eigenvalue weighted by Crippen LogP contribution is -2.42. The first kappa shape index (κ1) is 19.8. The van der Waals surface area contributed by atoms with Crippen molar-refractivity contribution in [3.8, 4) is 0 Å². The average Bonchev–Trinajstić information content (AvgIpc) is 3.40. The highest BCUT2D eigenvalue weighted by Gasteiger charge is 2.31. The molecular formula is C21H23ClF2N2O. The molecule has 1 saturated carbocycles. The molecule has 6 heteroatoms. The molecule has 2 fully saturated rings. The minimum atomic E-state index is -1.00. The molecule has 1 aliphatic heterocycles. The second kappa shape index (κ2) is 8.36. The molecule has 4 rings (SSSR count). The van der Waals surface area contributed by atoms with Crippen molar-refractivity contribution in [2.24, 2.45) is 0 Å². The molecule has 0 spiro atoms. The van der Waals surface area contributed by atoms with E-state index in [1.807, 2.05) is 42.5 Å². The highest BCUT2D eigenvalue weighted by molar-refractivity contribution is 5.85. The number of rotatable bonds is 5. The smallest absolute Gasteiger partial charge is 0.237 e. The van der Waals surface area contributed by atoms with Crippen LogP contribution in [0.3, 0.4) is 0 Å². The van der Waals surface area contributed by atoms with Gasteiger partial charge in [-0.2, -0.15) is 0 Å². The van der Waals surface area contributed by atoms with E-state index < -0.39 is 18.3 Å². The normalized spacial score (nSPS) is 22.7. The maximum Gasteiger partial charge on any atom is 0.237 e. The Bertz CT molecular complexity index is 798. The topological polar surface area (TPSA) is 41.1 Å². The number of carbonyl (C=O) groups excluding carboxylic acids is 1. The number of halogens is 3. The number of amides is 1. The molecule has 1 saturated heterocycles. The molecule has 0 bridgehead atoms. The monoisotopic (exact) mass is 392 g/mol. The summed E-state index contributed by atoms with van der Waals surface area (Å²) in [4.78, 5) is 12.6. The van der Waals surface area contributed by atoms with Crippen molar-refractivity contribution in [1.82, 2.24) is 10.6 Å². The molecule has 2 aromatic rings. The molecule has 1 amide bonds. The minimum Gasteiger partial charge on any atom is -0.344 e. The Kier molecular flexibility index (Phi) is 6.12. The van der Waals surface area contributed by atoms with Gasteiger partial charge in [0, 0.05) is 13.0 Å². The summed E-state index contributed by atoms with van der Waals surface area (Å²) in [6, 6.07) is 13.7. The van der Waals surface area contributed by atoms with Crippen molar-refractivity contribution >= 4 is 18.3 Å². The lowest BCUT2D eigenvalue weighted by molar-refractivity contribution is -0.123. The summed E-state index contributed by atoms with van der Waals surface area (Å²) in [5, 5.41) is 5.87. The van der Waals surface area contributed by atoms with Gasteiger partial charge in [-0.1, -0.05) is 42.5 Å². The number of hydrogen-bond donors (Lipinski definition) is 2. The van der Waals surface area contributed by atoms with Crippen molar-refractivity contribution in [3.05, 3.63) is 71.0 Å². The standard InChI is InChI=1S/C21H22F2N2O.ClH/c22-16-11-19(24-12-16)21(26)25-20(14-4-2-1-3-5-14)15-8-9-17(13-6-7-13)18(23)10-15;/h1-5,8-10,13,16,19-20,24H,6-7,11-12H2,(H,25,26);1H/t16-,19+,20+;/m1./s1. The maximum atomic E-state index is 14.5. The lowest BCUT2D eigenvalue weighted by atomic mass is 9.96. The second-order valence-corrected chi connectivity index (χ2v) is 7.20. The van der Waals surface area contributed by atoms with E-state index in [0.29, 0.717) is 11.5 Å². The predicted molar refractivity (Wildman–Crippen MR) is 103 cm³/mol. The molecule has 3 nitrogen and oxygen atoms in total. The SMILES string of the molecule is Cl.O=C(N[C@@H](c1ccccc1)c1ccc(C2CC2)c(F)c1)[C@@H]1C[C@@H](F)CN1. The zero-order valence-corrected chi connectivity index (χ0v) is 15.6. The first-order chi connectivity index (χ1) is 12.6.